The number of sulfonamides is 1. The van der Waals surface area contributed by atoms with Gasteiger partial charge in [-0.15, -0.1) is 0 Å². The molecule has 25 heavy (non-hydrogen) atoms. The predicted molar refractivity (Wildman–Crippen MR) is 102 cm³/mol. The normalized spacial score (nSPS) is 12.6. The van der Waals surface area contributed by atoms with Crippen molar-refractivity contribution in [1.29, 1.82) is 0 Å². The quantitative estimate of drug-likeness (QED) is 0.682. The maximum absolute atomic E-state index is 12.3. The van der Waals surface area contributed by atoms with Crippen LogP contribution in [0, 0.1) is 0 Å². The van der Waals surface area contributed by atoms with Gasteiger partial charge in [0.15, 0.2) is 0 Å². The minimum absolute atomic E-state index is 0.0797. The Hall–Kier alpha value is -1.12. The molecule has 0 saturated heterocycles. The van der Waals surface area contributed by atoms with Crippen LogP contribution in [0.1, 0.15) is 12.5 Å². The van der Waals surface area contributed by atoms with Gasteiger partial charge in [0.25, 0.3) is 0 Å². The molecule has 2 rings (SSSR count). The maximum atomic E-state index is 12.3. The Morgan fingerprint density at radius 1 is 1.16 bits per heavy atom. The molecule has 0 saturated carbocycles. The highest BCUT2D eigenvalue weighted by Gasteiger charge is 2.22. The standard InChI is InChI=1S/C16H15BrCl2N2O3S/c1-10(21-25(23,24)14-6-3-12(17)4-7-14)16(22)20-9-11-2-5-13(18)8-15(11)19/h2-8,10,21H,9H2,1H3,(H,20,22)/t10-/m0/s1. The first-order valence-corrected chi connectivity index (χ1v) is 10.2. The highest BCUT2D eigenvalue weighted by atomic mass is 79.9. The van der Waals surface area contributed by atoms with Gasteiger partial charge in [0.1, 0.15) is 0 Å². The van der Waals surface area contributed by atoms with Crippen LogP contribution in [-0.2, 0) is 21.4 Å². The van der Waals surface area contributed by atoms with Gasteiger partial charge in [-0.25, -0.2) is 8.42 Å². The molecule has 2 aromatic rings. The molecular formula is C16H15BrCl2N2O3S. The Bertz CT molecular complexity index is 873. The van der Waals surface area contributed by atoms with Gasteiger partial charge in [0, 0.05) is 21.1 Å². The van der Waals surface area contributed by atoms with Gasteiger partial charge < -0.3 is 5.32 Å². The number of rotatable bonds is 6. The van der Waals surface area contributed by atoms with Gasteiger partial charge in [0.05, 0.1) is 10.9 Å². The van der Waals surface area contributed by atoms with E-state index in [0.717, 1.165) is 4.47 Å². The lowest BCUT2D eigenvalue weighted by Crippen LogP contribution is -2.44. The van der Waals surface area contributed by atoms with Crippen molar-refractivity contribution in [3.8, 4) is 0 Å². The van der Waals surface area contributed by atoms with Gasteiger partial charge in [-0.1, -0.05) is 45.2 Å². The van der Waals surface area contributed by atoms with Crippen LogP contribution in [0.2, 0.25) is 10.0 Å². The summed E-state index contributed by atoms with van der Waals surface area (Å²) in [5.74, 6) is -0.466. The molecule has 0 radical (unpaired) electrons. The summed E-state index contributed by atoms with van der Waals surface area (Å²) >= 11 is 15.1. The van der Waals surface area contributed by atoms with Gasteiger partial charge in [0.2, 0.25) is 15.9 Å². The number of carbonyl (C=O) groups is 1. The Labute approximate surface area is 164 Å². The molecule has 0 aliphatic carbocycles. The molecule has 0 spiro atoms. The summed E-state index contributed by atoms with van der Waals surface area (Å²) in [5, 5.41) is 3.56. The van der Waals surface area contributed by atoms with Crippen molar-refractivity contribution in [1.82, 2.24) is 10.0 Å². The number of nitrogens with one attached hydrogen (secondary N) is 2. The van der Waals surface area contributed by atoms with Crippen LogP contribution in [-0.4, -0.2) is 20.4 Å². The van der Waals surface area contributed by atoms with E-state index < -0.39 is 22.0 Å². The van der Waals surface area contributed by atoms with E-state index in [-0.39, 0.29) is 11.4 Å². The fraction of sp³-hybridized carbons (Fsp3) is 0.188. The summed E-state index contributed by atoms with van der Waals surface area (Å²) in [5.41, 5.74) is 0.683. The lowest BCUT2D eigenvalue weighted by atomic mass is 10.2. The second kappa shape index (κ2) is 8.51. The van der Waals surface area contributed by atoms with E-state index in [4.69, 9.17) is 23.2 Å². The molecule has 0 unspecified atom stereocenters. The third-order valence-corrected chi connectivity index (χ3v) is 5.99. The topological polar surface area (TPSA) is 75.3 Å². The van der Waals surface area contributed by atoms with Crippen LogP contribution < -0.4 is 10.0 Å². The van der Waals surface area contributed by atoms with E-state index in [0.29, 0.717) is 15.6 Å². The Morgan fingerprint density at radius 3 is 2.40 bits per heavy atom. The molecule has 134 valence electrons. The Kier molecular flexibility index (Phi) is 6.87. The molecule has 1 amide bonds. The Morgan fingerprint density at radius 2 is 1.80 bits per heavy atom. The molecule has 5 nitrogen and oxygen atoms in total. The van der Waals surface area contributed by atoms with Crippen molar-refractivity contribution in [2.24, 2.45) is 0 Å². The van der Waals surface area contributed by atoms with Gasteiger partial charge in [-0.2, -0.15) is 4.72 Å². The van der Waals surface area contributed by atoms with E-state index >= 15 is 0 Å². The van der Waals surface area contributed by atoms with Gasteiger partial charge >= 0.3 is 0 Å². The highest BCUT2D eigenvalue weighted by molar-refractivity contribution is 9.10. The number of benzene rings is 2. The first-order chi connectivity index (χ1) is 11.7. The van der Waals surface area contributed by atoms with E-state index in [1.807, 2.05) is 0 Å². The molecular weight excluding hydrogens is 451 g/mol. The third-order valence-electron chi connectivity index (χ3n) is 3.32. The zero-order chi connectivity index (χ0) is 18.6. The summed E-state index contributed by atoms with van der Waals surface area (Å²) in [6.07, 6.45) is 0. The van der Waals surface area contributed by atoms with Crippen molar-refractivity contribution in [3.05, 3.63) is 62.5 Å². The number of amides is 1. The van der Waals surface area contributed by atoms with E-state index in [9.17, 15) is 13.2 Å². The fourth-order valence-electron chi connectivity index (χ4n) is 1.97. The molecule has 9 heteroatoms. The van der Waals surface area contributed by atoms with Crippen LogP contribution in [0.15, 0.2) is 51.8 Å². The summed E-state index contributed by atoms with van der Waals surface area (Å²) < 4.78 is 27.7. The van der Waals surface area contributed by atoms with Crippen molar-refractivity contribution >= 4 is 55.1 Å². The zero-order valence-corrected chi connectivity index (χ0v) is 17.0. The van der Waals surface area contributed by atoms with Gasteiger partial charge in [-0.3, -0.25) is 4.79 Å². The molecule has 0 aromatic heterocycles. The molecule has 1 atom stereocenters. The second-order valence-electron chi connectivity index (χ2n) is 5.25. The molecule has 0 aliphatic heterocycles. The molecule has 2 N–H and O–H groups in total. The monoisotopic (exact) mass is 464 g/mol. The molecule has 0 bridgehead atoms. The van der Waals surface area contributed by atoms with Crippen LogP contribution >= 0.6 is 39.1 Å². The average Bonchev–Trinajstić information content (AvgIpc) is 2.53. The first-order valence-electron chi connectivity index (χ1n) is 7.18. The number of halogens is 3. The lowest BCUT2D eigenvalue weighted by molar-refractivity contribution is -0.122. The van der Waals surface area contributed by atoms with Crippen molar-refractivity contribution in [3.63, 3.8) is 0 Å². The van der Waals surface area contributed by atoms with Crippen molar-refractivity contribution in [2.45, 2.75) is 24.4 Å². The number of hydrogen-bond donors (Lipinski definition) is 2. The van der Waals surface area contributed by atoms with E-state index in [1.54, 1.807) is 30.3 Å². The summed E-state index contributed by atoms with van der Waals surface area (Å²) in [6, 6.07) is 10.1. The predicted octanol–water partition coefficient (Wildman–Crippen LogP) is 3.74. The zero-order valence-electron chi connectivity index (χ0n) is 13.1. The minimum Gasteiger partial charge on any atom is -0.351 e. The van der Waals surface area contributed by atoms with E-state index in [2.05, 4.69) is 26.0 Å². The Balaban J connectivity index is 1.98. The summed E-state index contributed by atoms with van der Waals surface area (Å²) in [4.78, 5) is 12.2. The summed E-state index contributed by atoms with van der Waals surface area (Å²) in [7, 11) is -3.79. The fourth-order valence-corrected chi connectivity index (χ4v) is 3.91. The lowest BCUT2D eigenvalue weighted by Gasteiger charge is -2.15. The summed E-state index contributed by atoms with van der Waals surface area (Å²) in [6.45, 7) is 1.63. The van der Waals surface area contributed by atoms with Crippen LogP contribution in [0.5, 0.6) is 0 Å². The smallest absolute Gasteiger partial charge is 0.241 e. The highest BCUT2D eigenvalue weighted by Crippen LogP contribution is 2.20. The maximum Gasteiger partial charge on any atom is 0.241 e. The molecule has 0 heterocycles. The molecule has 2 aromatic carbocycles. The SMILES string of the molecule is C[C@H](NS(=O)(=O)c1ccc(Br)cc1)C(=O)NCc1ccc(Cl)cc1Cl. The van der Waals surface area contributed by atoms with Crippen LogP contribution in [0.3, 0.4) is 0 Å². The van der Waals surface area contributed by atoms with Crippen molar-refractivity contribution < 1.29 is 13.2 Å². The molecule has 0 aliphatic rings. The second-order valence-corrected chi connectivity index (χ2v) is 8.72. The minimum atomic E-state index is -3.79. The number of carbonyl (C=O) groups excluding carboxylic acids is 1. The number of hydrogen-bond acceptors (Lipinski definition) is 3. The van der Waals surface area contributed by atoms with E-state index in [1.165, 1.54) is 19.1 Å². The van der Waals surface area contributed by atoms with Crippen LogP contribution in [0.4, 0.5) is 0 Å². The van der Waals surface area contributed by atoms with Crippen molar-refractivity contribution in [2.75, 3.05) is 0 Å². The average molecular weight is 466 g/mol. The largest absolute Gasteiger partial charge is 0.351 e. The van der Waals surface area contributed by atoms with Gasteiger partial charge in [-0.05, 0) is 48.9 Å². The molecule has 0 fully saturated rings. The third kappa shape index (κ3) is 5.69. The van der Waals surface area contributed by atoms with Crippen LogP contribution in [0.25, 0.3) is 0 Å². The first kappa shape index (κ1) is 20.2.